The molecule has 37 heavy (non-hydrogen) atoms. The van der Waals surface area contributed by atoms with E-state index < -0.39 is 0 Å². The predicted molar refractivity (Wildman–Crippen MR) is 143 cm³/mol. The lowest BCUT2D eigenvalue weighted by Gasteiger charge is -2.36. The number of aromatic amines is 1. The van der Waals surface area contributed by atoms with Crippen LogP contribution < -0.4 is 20.7 Å². The van der Waals surface area contributed by atoms with Crippen molar-refractivity contribution in [2.24, 2.45) is 5.92 Å². The Morgan fingerprint density at radius 3 is 2.51 bits per heavy atom. The molecule has 0 amide bonds. The maximum Gasteiger partial charge on any atom is 0.277 e. The summed E-state index contributed by atoms with van der Waals surface area (Å²) in [5.74, 6) is 1.42. The van der Waals surface area contributed by atoms with Gasteiger partial charge in [0.15, 0.2) is 0 Å². The zero-order valence-electron chi connectivity index (χ0n) is 20.9. The van der Waals surface area contributed by atoms with Gasteiger partial charge in [-0.15, -0.1) is 0 Å². The summed E-state index contributed by atoms with van der Waals surface area (Å²) < 4.78 is 0. The first kappa shape index (κ1) is 24.9. The largest absolute Gasteiger partial charge is 0.396 e. The molecule has 0 atom stereocenters. The third-order valence-corrected chi connectivity index (χ3v) is 7.28. The fourth-order valence-corrected chi connectivity index (χ4v) is 5.11. The molecule has 2 saturated heterocycles. The van der Waals surface area contributed by atoms with E-state index in [1.165, 1.54) is 0 Å². The van der Waals surface area contributed by atoms with Gasteiger partial charge in [-0.1, -0.05) is 0 Å². The molecule has 194 valence electrons. The van der Waals surface area contributed by atoms with E-state index in [9.17, 15) is 4.79 Å². The fourth-order valence-electron chi connectivity index (χ4n) is 5.11. The number of anilines is 4. The maximum absolute atomic E-state index is 12.6. The highest BCUT2D eigenvalue weighted by molar-refractivity contribution is 5.90. The smallest absolute Gasteiger partial charge is 0.277 e. The Morgan fingerprint density at radius 2 is 1.81 bits per heavy atom. The topological polar surface area (TPSA) is 137 Å². The number of hydrogen-bond acceptors (Lipinski definition) is 10. The van der Waals surface area contributed by atoms with Crippen LogP contribution in [0.5, 0.6) is 0 Å². The van der Waals surface area contributed by atoms with Crippen molar-refractivity contribution in [1.29, 1.82) is 5.26 Å². The van der Waals surface area contributed by atoms with Crippen molar-refractivity contribution in [2.45, 2.75) is 25.7 Å². The van der Waals surface area contributed by atoms with Crippen LogP contribution in [0.25, 0.3) is 10.9 Å². The average Bonchev–Trinajstić information content (AvgIpc) is 2.93. The van der Waals surface area contributed by atoms with Crippen LogP contribution in [-0.2, 0) is 0 Å². The number of benzene rings is 1. The second kappa shape index (κ2) is 11.5. The molecule has 0 bridgehead atoms. The first-order chi connectivity index (χ1) is 18.1. The Balaban J connectivity index is 1.32. The van der Waals surface area contributed by atoms with E-state index in [4.69, 9.17) is 15.4 Å². The lowest BCUT2D eigenvalue weighted by molar-refractivity contribution is 0.216. The molecular formula is C26H33N9O2. The van der Waals surface area contributed by atoms with Crippen molar-refractivity contribution in [3.63, 3.8) is 0 Å². The minimum absolute atomic E-state index is 0.237. The van der Waals surface area contributed by atoms with E-state index in [1.807, 2.05) is 12.1 Å². The average molecular weight is 504 g/mol. The van der Waals surface area contributed by atoms with Crippen molar-refractivity contribution < 1.29 is 5.11 Å². The second-order valence-corrected chi connectivity index (χ2v) is 9.70. The minimum atomic E-state index is -0.338. The number of nitriles is 1. The van der Waals surface area contributed by atoms with Crippen molar-refractivity contribution in [3.8, 4) is 6.07 Å². The number of piperazine rings is 1. The highest BCUT2D eigenvalue weighted by atomic mass is 16.3. The van der Waals surface area contributed by atoms with E-state index in [-0.39, 0.29) is 12.2 Å². The van der Waals surface area contributed by atoms with Crippen LogP contribution >= 0.6 is 0 Å². The molecule has 3 aromatic rings. The molecular weight excluding hydrogens is 470 g/mol. The highest BCUT2D eigenvalue weighted by Gasteiger charge is 2.23. The number of fused-ring (bicyclic) bond motifs is 1. The molecule has 2 fully saturated rings. The number of aromatic nitrogens is 4. The van der Waals surface area contributed by atoms with Crippen LogP contribution in [0.1, 0.15) is 25.7 Å². The maximum atomic E-state index is 12.6. The summed E-state index contributed by atoms with van der Waals surface area (Å²) in [6.45, 7) is 6.60. The monoisotopic (exact) mass is 503 g/mol. The summed E-state index contributed by atoms with van der Waals surface area (Å²) >= 11 is 0. The van der Waals surface area contributed by atoms with Crippen LogP contribution in [0.2, 0.25) is 0 Å². The molecule has 0 spiro atoms. The van der Waals surface area contributed by atoms with Crippen LogP contribution in [-0.4, -0.2) is 82.6 Å². The Kier molecular flexibility index (Phi) is 7.77. The van der Waals surface area contributed by atoms with Crippen molar-refractivity contribution >= 4 is 34.0 Å². The molecule has 11 nitrogen and oxygen atoms in total. The molecule has 2 aliphatic heterocycles. The van der Waals surface area contributed by atoms with E-state index in [0.29, 0.717) is 35.0 Å². The third kappa shape index (κ3) is 5.81. The molecule has 3 N–H and O–H groups in total. The molecule has 5 rings (SSSR count). The number of rotatable bonds is 8. The van der Waals surface area contributed by atoms with Gasteiger partial charge in [0.2, 0.25) is 5.95 Å². The van der Waals surface area contributed by atoms with Gasteiger partial charge in [0, 0.05) is 70.2 Å². The minimum Gasteiger partial charge on any atom is -0.396 e. The molecule has 11 heteroatoms. The first-order valence-corrected chi connectivity index (χ1v) is 13.0. The molecule has 4 heterocycles. The predicted octanol–water partition coefficient (Wildman–Crippen LogP) is 2.09. The molecule has 0 aliphatic carbocycles. The third-order valence-electron chi connectivity index (χ3n) is 7.28. The molecule has 1 aromatic carbocycles. The van der Waals surface area contributed by atoms with Gasteiger partial charge in [0.05, 0.1) is 12.3 Å². The lowest BCUT2D eigenvalue weighted by atomic mass is 9.94. The van der Waals surface area contributed by atoms with Crippen LogP contribution in [0.3, 0.4) is 0 Å². The van der Waals surface area contributed by atoms with Crippen molar-refractivity contribution in [2.75, 3.05) is 67.5 Å². The summed E-state index contributed by atoms with van der Waals surface area (Å²) in [4.78, 5) is 28.9. The summed E-state index contributed by atoms with van der Waals surface area (Å²) in [6, 6.07) is 10.5. The quantitative estimate of drug-likeness (QED) is 0.419. The summed E-state index contributed by atoms with van der Waals surface area (Å²) in [7, 11) is 0. The van der Waals surface area contributed by atoms with Gasteiger partial charge in [-0.3, -0.25) is 9.69 Å². The van der Waals surface area contributed by atoms with Gasteiger partial charge in [0.25, 0.3) is 5.56 Å². The Bertz CT molecular complexity index is 1290. The first-order valence-electron chi connectivity index (χ1n) is 13.0. The Hall–Kier alpha value is -3.75. The number of aliphatic hydroxyl groups is 1. The van der Waals surface area contributed by atoms with Crippen LogP contribution in [0.15, 0.2) is 35.3 Å². The van der Waals surface area contributed by atoms with Crippen LogP contribution in [0.4, 0.5) is 23.1 Å². The number of nitrogens with zero attached hydrogens (tertiary/aromatic N) is 7. The van der Waals surface area contributed by atoms with E-state index in [1.54, 1.807) is 6.20 Å². The summed E-state index contributed by atoms with van der Waals surface area (Å²) in [6.07, 6.45) is 4.79. The Labute approximate surface area is 215 Å². The van der Waals surface area contributed by atoms with Crippen molar-refractivity contribution in [1.82, 2.24) is 25.1 Å². The molecule has 0 saturated carbocycles. The SMILES string of the molecule is N#CCC1CCN(c2nc(Nc3ccc(N4CCN(CCCO)CC4)cc3)c3c(=O)[nH]ncc3n2)CC1. The van der Waals surface area contributed by atoms with E-state index in [2.05, 4.69) is 53.4 Å². The van der Waals surface area contributed by atoms with Crippen molar-refractivity contribution in [3.05, 3.63) is 40.8 Å². The van der Waals surface area contributed by atoms with Gasteiger partial charge >= 0.3 is 0 Å². The second-order valence-electron chi connectivity index (χ2n) is 9.70. The zero-order valence-corrected chi connectivity index (χ0v) is 20.9. The Morgan fingerprint density at radius 1 is 1.05 bits per heavy atom. The standard InChI is InChI=1S/C26H33N9O2/c27-9-6-19-7-11-35(12-8-19)26-30-22-18-28-32-25(37)23(22)24(31-26)29-20-2-4-21(5-3-20)34-15-13-33(14-16-34)10-1-17-36/h2-5,18-19,36H,1,6-8,10-17H2,(H,32,37)(H,29,30,31). The normalized spacial score (nSPS) is 17.2. The molecule has 2 aromatic heterocycles. The van der Waals surface area contributed by atoms with Gasteiger partial charge in [-0.25, -0.2) is 10.1 Å². The van der Waals surface area contributed by atoms with E-state index in [0.717, 1.165) is 76.5 Å². The zero-order chi connectivity index (χ0) is 25.6. The lowest BCUT2D eigenvalue weighted by Crippen LogP contribution is -2.46. The molecule has 0 unspecified atom stereocenters. The summed E-state index contributed by atoms with van der Waals surface area (Å²) in [5.41, 5.74) is 2.14. The van der Waals surface area contributed by atoms with Gasteiger partial charge in [-0.05, 0) is 49.4 Å². The number of piperidine rings is 1. The highest BCUT2D eigenvalue weighted by Crippen LogP contribution is 2.28. The number of nitrogens with one attached hydrogen (secondary N) is 2. The van der Waals surface area contributed by atoms with E-state index >= 15 is 0 Å². The number of H-pyrrole nitrogens is 1. The fraction of sp³-hybridized carbons (Fsp3) is 0.500. The molecule has 2 aliphatic rings. The summed E-state index contributed by atoms with van der Waals surface area (Å²) in [5, 5.41) is 28.2. The van der Waals surface area contributed by atoms with Crippen LogP contribution in [0, 0.1) is 17.2 Å². The number of hydrogen-bond donors (Lipinski definition) is 3. The van der Waals surface area contributed by atoms with Gasteiger partial charge in [-0.2, -0.15) is 15.3 Å². The number of aliphatic hydroxyl groups excluding tert-OH is 1. The van der Waals surface area contributed by atoms with Gasteiger partial charge in [0.1, 0.15) is 16.7 Å². The molecule has 0 radical (unpaired) electrons. The van der Waals surface area contributed by atoms with Gasteiger partial charge < -0.3 is 20.2 Å².